The number of anilines is 1. The maximum Gasteiger partial charge on any atom is 0.272 e. The number of fused-ring (bicyclic) bond motifs is 1. The van der Waals surface area contributed by atoms with E-state index >= 15 is 0 Å². The van der Waals surface area contributed by atoms with Crippen LogP contribution in [0.5, 0.6) is 0 Å². The number of nitrogens with zero attached hydrogens (tertiary/aromatic N) is 2. The Labute approximate surface area is 144 Å². The Morgan fingerprint density at radius 2 is 2.17 bits per heavy atom. The molecule has 0 radical (unpaired) electrons. The summed E-state index contributed by atoms with van der Waals surface area (Å²) in [6.07, 6.45) is 6.97. The first-order chi connectivity index (χ1) is 11.5. The number of hydrogen-bond donors (Lipinski definition) is 3. The number of aryl methyl sites for hydroxylation is 1. The first-order valence-electron chi connectivity index (χ1n) is 8.08. The number of pyridine rings is 1. The van der Waals surface area contributed by atoms with Gasteiger partial charge in [0.1, 0.15) is 5.69 Å². The third-order valence-corrected chi connectivity index (χ3v) is 5.73. The molecule has 1 aliphatic heterocycles. The van der Waals surface area contributed by atoms with E-state index in [1.807, 2.05) is 17.8 Å². The standard InChI is InChI=1S/C17H23N5OS/c1-11(2)14-5-4-13-15(24(18)21-14)10-22(3)16(13)17(23)20-12-6-8-19-9-7-12/h6-11,14H,4-5H2,1-3H3,(H2,18,21)(H,19,20,23). The molecule has 2 aromatic heterocycles. The maximum atomic E-state index is 12.8. The van der Waals surface area contributed by atoms with E-state index in [0.717, 1.165) is 29.0 Å². The summed E-state index contributed by atoms with van der Waals surface area (Å²) in [5, 5.41) is 2.93. The van der Waals surface area contributed by atoms with Crippen LogP contribution in [0.25, 0.3) is 0 Å². The fourth-order valence-electron chi connectivity index (χ4n) is 3.03. The first-order valence-corrected chi connectivity index (χ1v) is 9.31. The van der Waals surface area contributed by atoms with Gasteiger partial charge in [0.2, 0.25) is 0 Å². The summed E-state index contributed by atoms with van der Waals surface area (Å²) >= 11 is 0. The minimum Gasteiger partial charge on any atom is -0.345 e. The number of carbonyl (C=O) groups excluding carboxylic acids is 1. The van der Waals surface area contributed by atoms with E-state index in [2.05, 4.69) is 28.9 Å². The summed E-state index contributed by atoms with van der Waals surface area (Å²) in [6, 6.07) is 3.84. The van der Waals surface area contributed by atoms with Crippen molar-refractivity contribution in [2.24, 2.45) is 13.0 Å². The van der Waals surface area contributed by atoms with E-state index < -0.39 is 10.9 Å². The molecule has 0 aliphatic carbocycles. The predicted octanol–water partition coefficient (Wildman–Crippen LogP) is 2.89. The number of rotatable bonds is 3. The van der Waals surface area contributed by atoms with Crippen LogP contribution in [-0.4, -0.2) is 21.5 Å². The van der Waals surface area contributed by atoms with Gasteiger partial charge in [0, 0.05) is 37.4 Å². The Morgan fingerprint density at radius 3 is 2.83 bits per heavy atom. The van der Waals surface area contributed by atoms with Gasteiger partial charge in [-0.3, -0.25) is 14.6 Å². The summed E-state index contributed by atoms with van der Waals surface area (Å²) < 4.78 is 13.7. The molecule has 0 bridgehead atoms. The molecule has 128 valence electrons. The van der Waals surface area contributed by atoms with Crippen molar-refractivity contribution in [3.63, 3.8) is 0 Å². The van der Waals surface area contributed by atoms with Crippen molar-refractivity contribution in [1.29, 1.82) is 4.78 Å². The van der Waals surface area contributed by atoms with Crippen molar-refractivity contribution in [2.75, 3.05) is 5.32 Å². The highest BCUT2D eigenvalue weighted by Gasteiger charge is 2.27. The highest BCUT2D eigenvalue weighted by Crippen LogP contribution is 2.27. The van der Waals surface area contributed by atoms with Crippen LogP contribution in [0, 0.1) is 10.7 Å². The maximum absolute atomic E-state index is 12.8. The molecule has 0 fully saturated rings. The molecule has 3 heterocycles. The smallest absolute Gasteiger partial charge is 0.272 e. The molecular weight excluding hydrogens is 322 g/mol. The van der Waals surface area contributed by atoms with Crippen molar-refractivity contribution < 1.29 is 4.79 Å². The molecular formula is C17H23N5OS. The molecule has 0 saturated heterocycles. The first kappa shape index (κ1) is 16.9. The van der Waals surface area contributed by atoms with Gasteiger partial charge >= 0.3 is 0 Å². The molecule has 2 aromatic rings. The Balaban J connectivity index is 1.91. The average molecular weight is 345 g/mol. The largest absolute Gasteiger partial charge is 0.345 e. The molecule has 7 heteroatoms. The second-order valence-electron chi connectivity index (χ2n) is 6.43. The normalized spacial score (nSPS) is 20.5. The Morgan fingerprint density at radius 1 is 1.46 bits per heavy atom. The predicted molar refractivity (Wildman–Crippen MR) is 96.0 cm³/mol. The van der Waals surface area contributed by atoms with Crippen LogP contribution in [0.1, 0.15) is 36.3 Å². The lowest BCUT2D eigenvalue weighted by Crippen LogP contribution is -2.33. The van der Waals surface area contributed by atoms with Gasteiger partial charge in [-0.15, -0.1) is 0 Å². The summed E-state index contributed by atoms with van der Waals surface area (Å²) in [6.45, 7) is 4.34. The molecule has 1 amide bonds. The van der Waals surface area contributed by atoms with Crippen LogP contribution in [0.2, 0.25) is 0 Å². The van der Waals surface area contributed by atoms with E-state index in [1.54, 1.807) is 24.5 Å². The second-order valence-corrected chi connectivity index (χ2v) is 7.72. The van der Waals surface area contributed by atoms with Crippen LogP contribution < -0.4 is 10.0 Å². The van der Waals surface area contributed by atoms with Crippen molar-refractivity contribution in [1.82, 2.24) is 14.3 Å². The highest BCUT2D eigenvalue weighted by atomic mass is 32.2. The fraction of sp³-hybridized carbons (Fsp3) is 0.412. The lowest BCUT2D eigenvalue weighted by molar-refractivity contribution is 0.101. The van der Waals surface area contributed by atoms with Crippen LogP contribution in [0.4, 0.5) is 5.69 Å². The van der Waals surface area contributed by atoms with Crippen molar-refractivity contribution in [2.45, 2.75) is 37.6 Å². The van der Waals surface area contributed by atoms with Crippen molar-refractivity contribution in [3.8, 4) is 0 Å². The molecule has 0 spiro atoms. The molecule has 24 heavy (non-hydrogen) atoms. The minimum atomic E-state index is -0.796. The van der Waals surface area contributed by atoms with Gasteiger partial charge in [-0.2, -0.15) is 0 Å². The van der Waals surface area contributed by atoms with Crippen LogP contribution in [0.3, 0.4) is 0 Å². The summed E-state index contributed by atoms with van der Waals surface area (Å²) in [5.74, 6) is 0.335. The number of amides is 1. The molecule has 3 N–H and O–H groups in total. The minimum absolute atomic E-state index is 0.134. The zero-order chi connectivity index (χ0) is 17.3. The molecule has 0 aromatic carbocycles. The second kappa shape index (κ2) is 6.86. The van der Waals surface area contributed by atoms with E-state index in [0.29, 0.717) is 17.7 Å². The zero-order valence-electron chi connectivity index (χ0n) is 14.2. The third-order valence-electron chi connectivity index (χ3n) is 4.40. The SMILES string of the molecule is CC(C)C1CCc2c(cn(C)c2C(=O)Nc2ccncc2)S(=N)N1. The van der Waals surface area contributed by atoms with Crippen LogP contribution >= 0.6 is 0 Å². The Hall–Kier alpha value is -1.99. The summed E-state index contributed by atoms with van der Waals surface area (Å²) in [5.41, 5.74) is 2.37. The van der Waals surface area contributed by atoms with Crippen molar-refractivity contribution >= 4 is 22.5 Å². The molecule has 0 saturated carbocycles. The molecule has 2 atom stereocenters. The number of aromatic nitrogens is 2. The highest BCUT2D eigenvalue weighted by molar-refractivity contribution is 7.84. The topological polar surface area (TPSA) is 82.8 Å². The molecule has 6 nitrogen and oxygen atoms in total. The third kappa shape index (κ3) is 3.27. The lowest BCUT2D eigenvalue weighted by atomic mass is 9.97. The van der Waals surface area contributed by atoms with Gasteiger partial charge in [-0.1, -0.05) is 13.8 Å². The van der Waals surface area contributed by atoms with Crippen LogP contribution in [-0.2, 0) is 24.3 Å². The quantitative estimate of drug-likeness (QED) is 0.800. The fourth-order valence-corrected chi connectivity index (χ4v) is 4.56. The van der Waals surface area contributed by atoms with Gasteiger partial charge in [0.05, 0.1) is 4.90 Å². The lowest BCUT2D eigenvalue weighted by Gasteiger charge is -2.20. The summed E-state index contributed by atoms with van der Waals surface area (Å²) in [4.78, 5) is 17.7. The van der Waals surface area contributed by atoms with E-state index in [9.17, 15) is 4.79 Å². The van der Waals surface area contributed by atoms with Gasteiger partial charge in [-0.25, -0.2) is 4.72 Å². The molecule has 2 unspecified atom stereocenters. The number of hydrogen-bond acceptors (Lipinski definition) is 3. The molecule has 3 rings (SSSR count). The zero-order valence-corrected chi connectivity index (χ0v) is 15.0. The van der Waals surface area contributed by atoms with Gasteiger partial charge in [-0.05, 0) is 47.3 Å². The average Bonchev–Trinajstić information content (AvgIpc) is 2.79. The Bertz CT molecular complexity index is 769. The van der Waals surface area contributed by atoms with E-state index in [4.69, 9.17) is 4.78 Å². The van der Waals surface area contributed by atoms with E-state index in [-0.39, 0.29) is 5.91 Å². The van der Waals surface area contributed by atoms with E-state index in [1.165, 1.54) is 0 Å². The Kier molecular flexibility index (Phi) is 4.82. The number of nitrogens with one attached hydrogen (secondary N) is 3. The van der Waals surface area contributed by atoms with Crippen LogP contribution in [0.15, 0.2) is 35.6 Å². The number of carbonyl (C=O) groups is 1. The monoisotopic (exact) mass is 345 g/mol. The molecule has 1 aliphatic rings. The van der Waals surface area contributed by atoms with Crippen molar-refractivity contribution in [3.05, 3.63) is 42.0 Å². The van der Waals surface area contributed by atoms with Gasteiger partial charge < -0.3 is 9.88 Å². The van der Waals surface area contributed by atoms with Gasteiger partial charge in [0.25, 0.3) is 5.91 Å². The summed E-state index contributed by atoms with van der Waals surface area (Å²) in [7, 11) is 1.07. The van der Waals surface area contributed by atoms with Gasteiger partial charge in [0.15, 0.2) is 0 Å².